The van der Waals surface area contributed by atoms with Crippen molar-refractivity contribution in [1.82, 2.24) is 15.4 Å². The number of pyridine rings is 1. The van der Waals surface area contributed by atoms with Gasteiger partial charge < -0.3 is 16.1 Å². The quantitative estimate of drug-likeness (QED) is 0.245. The number of nitrogens with two attached hydrogens (primary N) is 3. The van der Waals surface area contributed by atoms with E-state index in [-0.39, 0.29) is 5.91 Å². The van der Waals surface area contributed by atoms with Crippen molar-refractivity contribution in [2.45, 2.75) is 6.42 Å². The molecule has 0 saturated carbocycles. The van der Waals surface area contributed by atoms with E-state index in [0.29, 0.717) is 24.3 Å². The van der Waals surface area contributed by atoms with Gasteiger partial charge in [-0.25, -0.2) is 16.7 Å². The van der Waals surface area contributed by atoms with E-state index in [0.717, 1.165) is 17.0 Å². The highest BCUT2D eigenvalue weighted by Gasteiger charge is 2.15. The number of nitrogens with one attached hydrogen (secondary N) is 3. The number of nitrogens with zero attached hydrogens (tertiary/aromatic N) is 1. The largest absolute Gasteiger partial charge is 0.358 e. The Kier molecular flexibility index (Phi) is 4.31. The lowest BCUT2D eigenvalue weighted by Gasteiger charge is -2.02. The SMILES string of the molecule is NCCc1[nH]c(-c2ccnc(NN)c2)cc1C(=O)NN. The molecule has 8 heteroatoms. The molecule has 2 aromatic rings. The summed E-state index contributed by atoms with van der Waals surface area (Å²) in [5.74, 6) is 10.7. The predicted octanol–water partition coefficient (Wildman–Crippen LogP) is -0.533. The van der Waals surface area contributed by atoms with Gasteiger partial charge in [-0.2, -0.15) is 0 Å². The van der Waals surface area contributed by atoms with E-state index in [9.17, 15) is 4.79 Å². The van der Waals surface area contributed by atoms with Gasteiger partial charge in [0.2, 0.25) is 0 Å². The lowest BCUT2D eigenvalue weighted by molar-refractivity contribution is 0.0953. The maximum Gasteiger partial charge on any atom is 0.267 e. The van der Waals surface area contributed by atoms with Gasteiger partial charge in [0.1, 0.15) is 5.82 Å². The number of carbonyl (C=O) groups is 1. The van der Waals surface area contributed by atoms with Crippen molar-refractivity contribution in [3.05, 3.63) is 35.7 Å². The number of rotatable bonds is 5. The molecule has 0 aliphatic carbocycles. The van der Waals surface area contributed by atoms with Crippen molar-refractivity contribution < 1.29 is 4.79 Å². The van der Waals surface area contributed by atoms with E-state index >= 15 is 0 Å². The third-order valence-electron chi connectivity index (χ3n) is 2.89. The van der Waals surface area contributed by atoms with Gasteiger partial charge in [0.25, 0.3) is 5.91 Å². The van der Waals surface area contributed by atoms with Crippen molar-refractivity contribution in [3.8, 4) is 11.3 Å². The summed E-state index contributed by atoms with van der Waals surface area (Å²) in [5, 5.41) is 0. The van der Waals surface area contributed by atoms with Crippen molar-refractivity contribution in [2.24, 2.45) is 17.4 Å². The number of H-pyrrole nitrogens is 1. The summed E-state index contributed by atoms with van der Waals surface area (Å²) in [4.78, 5) is 18.9. The molecule has 0 spiro atoms. The Morgan fingerprint density at radius 2 is 2.15 bits per heavy atom. The monoisotopic (exact) mass is 275 g/mol. The summed E-state index contributed by atoms with van der Waals surface area (Å²) >= 11 is 0. The third-order valence-corrected chi connectivity index (χ3v) is 2.89. The molecule has 0 unspecified atom stereocenters. The van der Waals surface area contributed by atoms with Gasteiger partial charge in [0.15, 0.2) is 0 Å². The zero-order chi connectivity index (χ0) is 14.5. The van der Waals surface area contributed by atoms with Crippen molar-refractivity contribution in [2.75, 3.05) is 12.0 Å². The molecule has 0 atom stereocenters. The van der Waals surface area contributed by atoms with E-state index in [1.807, 2.05) is 6.07 Å². The molecule has 9 N–H and O–H groups in total. The van der Waals surface area contributed by atoms with E-state index < -0.39 is 0 Å². The molecule has 0 aliphatic rings. The Labute approximate surface area is 115 Å². The molecule has 0 saturated heterocycles. The van der Waals surface area contributed by atoms with Crippen LogP contribution in [-0.2, 0) is 6.42 Å². The number of carbonyl (C=O) groups excluding carboxylic acids is 1. The van der Waals surface area contributed by atoms with Crippen LogP contribution in [0.15, 0.2) is 24.4 Å². The van der Waals surface area contributed by atoms with Gasteiger partial charge >= 0.3 is 0 Å². The van der Waals surface area contributed by atoms with Crippen molar-refractivity contribution in [3.63, 3.8) is 0 Å². The molecule has 20 heavy (non-hydrogen) atoms. The van der Waals surface area contributed by atoms with E-state index in [4.69, 9.17) is 17.4 Å². The number of anilines is 1. The first kappa shape index (κ1) is 14.0. The maximum absolute atomic E-state index is 11.7. The van der Waals surface area contributed by atoms with Crippen LogP contribution in [0.25, 0.3) is 11.3 Å². The smallest absolute Gasteiger partial charge is 0.267 e. The molecule has 2 aromatic heterocycles. The molecule has 8 nitrogen and oxygen atoms in total. The van der Waals surface area contributed by atoms with Gasteiger partial charge in [0, 0.05) is 29.6 Å². The highest BCUT2D eigenvalue weighted by Crippen LogP contribution is 2.23. The average molecular weight is 275 g/mol. The van der Waals surface area contributed by atoms with Crippen LogP contribution in [0.5, 0.6) is 0 Å². The fourth-order valence-corrected chi connectivity index (χ4v) is 1.95. The highest BCUT2D eigenvalue weighted by atomic mass is 16.2. The number of hydrogen-bond donors (Lipinski definition) is 6. The number of aromatic amines is 1. The molecule has 106 valence electrons. The van der Waals surface area contributed by atoms with Crippen LogP contribution >= 0.6 is 0 Å². The Balaban J connectivity index is 2.43. The minimum atomic E-state index is -0.359. The molecule has 0 bridgehead atoms. The number of nitrogen functional groups attached to an aromatic ring is 2. The zero-order valence-electron chi connectivity index (χ0n) is 10.8. The molecular formula is C12H17N7O. The van der Waals surface area contributed by atoms with Crippen molar-refractivity contribution >= 4 is 11.7 Å². The number of aromatic nitrogens is 2. The molecule has 1 amide bonds. The molecule has 2 rings (SSSR count). The second kappa shape index (κ2) is 6.15. The van der Waals surface area contributed by atoms with Gasteiger partial charge in [-0.3, -0.25) is 10.2 Å². The summed E-state index contributed by atoms with van der Waals surface area (Å²) in [6.45, 7) is 0.427. The number of amides is 1. The lowest BCUT2D eigenvalue weighted by Crippen LogP contribution is -2.30. The van der Waals surface area contributed by atoms with Gasteiger partial charge in [-0.1, -0.05) is 0 Å². The molecule has 0 aromatic carbocycles. The average Bonchev–Trinajstić information content (AvgIpc) is 2.91. The molecule has 0 fully saturated rings. The summed E-state index contributed by atoms with van der Waals surface area (Å²) in [5.41, 5.74) is 13.0. The second-order valence-corrected chi connectivity index (χ2v) is 4.16. The number of hydrogen-bond acceptors (Lipinski definition) is 6. The fraction of sp³-hybridized carbons (Fsp3) is 0.167. The minimum Gasteiger partial charge on any atom is -0.358 e. The minimum absolute atomic E-state index is 0.359. The molecule has 2 heterocycles. The molecular weight excluding hydrogens is 258 g/mol. The first-order chi connectivity index (χ1) is 9.69. The Morgan fingerprint density at radius 1 is 1.35 bits per heavy atom. The van der Waals surface area contributed by atoms with E-state index in [1.54, 1.807) is 18.3 Å². The maximum atomic E-state index is 11.7. The van der Waals surface area contributed by atoms with Crippen LogP contribution in [0.4, 0.5) is 5.82 Å². The Hall–Kier alpha value is -2.42. The summed E-state index contributed by atoms with van der Waals surface area (Å²) < 4.78 is 0. The molecule has 0 aliphatic heterocycles. The summed E-state index contributed by atoms with van der Waals surface area (Å²) in [7, 11) is 0. The Morgan fingerprint density at radius 3 is 2.80 bits per heavy atom. The summed E-state index contributed by atoms with van der Waals surface area (Å²) in [6, 6.07) is 5.30. The van der Waals surface area contributed by atoms with Crippen LogP contribution < -0.4 is 28.3 Å². The normalized spacial score (nSPS) is 10.3. The van der Waals surface area contributed by atoms with Crippen LogP contribution in [0.2, 0.25) is 0 Å². The number of hydrazine groups is 2. The highest BCUT2D eigenvalue weighted by molar-refractivity contribution is 5.96. The fourth-order valence-electron chi connectivity index (χ4n) is 1.95. The molecule has 0 radical (unpaired) electrons. The standard InChI is InChI=1S/C12H17N7O/c13-3-1-9-8(12(20)19-15)6-10(17-9)7-2-4-16-11(5-7)18-14/h2,4-6,17H,1,3,13-15H2,(H,16,18)(H,19,20). The summed E-state index contributed by atoms with van der Waals surface area (Å²) in [6.07, 6.45) is 2.17. The third kappa shape index (κ3) is 2.77. The Bertz CT molecular complexity index is 608. The second-order valence-electron chi connectivity index (χ2n) is 4.16. The van der Waals surface area contributed by atoms with Crippen LogP contribution in [0, 0.1) is 0 Å². The van der Waals surface area contributed by atoms with Gasteiger partial charge in [-0.15, -0.1) is 0 Å². The van der Waals surface area contributed by atoms with Crippen LogP contribution in [0.3, 0.4) is 0 Å². The zero-order valence-corrected chi connectivity index (χ0v) is 10.8. The predicted molar refractivity (Wildman–Crippen MR) is 76.2 cm³/mol. The van der Waals surface area contributed by atoms with Gasteiger partial charge in [0.05, 0.1) is 5.56 Å². The van der Waals surface area contributed by atoms with Crippen LogP contribution in [0.1, 0.15) is 16.1 Å². The van der Waals surface area contributed by atoms with Crippen molar-refractivity contribution in [1.29, 1.82) is 0 Å². The first-order valence-electron chi connectivity index (χ1n) is 6.05. The first-order valence-corrected chi connectivity index (χ1v) is 6.05. The van der Waals surface area contributed by atoms with Gasteiger partial charge in [-0.05, 0) is 24.7 Å². The lowest BCUT2D eigenvalue weighted by atomic mass is 10.1. The van der Waals surface area contributed by atoms with E-state index in [2.05, 4.69) is 20.8 Å². The topological polar surface area (TPSA) is 148 Å². The van der Waals surface area contributed by atoms with Crippen LogP contribution in [-0.4, -0.2) is 22.4 Å². The van der Waals surface area contributed by atoms with E-state index in [1.165, 1.54) is 0 Å².